The summed E-state index contributed by atoms with van der Waals surface area (Å²) in [5.41, 5.74) is 0.298. The minimum atomic E-state index is -0.654. The molecule has 1 atom stereocenters. The van der Waals surface area contributed by atoms with E-state index >= 15 is 0 Å². The van der Waals surface area contributed by atoms with E-state index in [1.54, 1.807) is 18.7 Å². The van der Waals surface area contributed by atoms with E-state index in [1.807, 2.05) is 31.2 Å². The number of ether oxygens (including phenoxy) is 1. The average molecular weight is 405 g/mol. The fraction of sp³-hybridized carbons (Fsp3) is 0.500. The van der Waals surface area contributed by atoms with E-state index in [4.69, 9.17) is 4.74 Å². The topological polar surface area (TPSA) is 43.4 Å². The molecule has 0 aromatic heterocycles. The van der Waals surface area contributed by atoms with Gasteiger partial charge in [0, 0.05) is 22.9 Å². The van der Waals surface area contributed by atoms with Crippen molar-refractivity contribution in [1.29, 1.82) is 0 Å². The second-order valence-electron chi connectivity index (χ2n) is 5.04. The minimum absolute atomic E-state index is 0.147. The van der Waals surface area contributed by atoms with E-state index in [0.29, 0.717) is 6.42 Å². The van der Waals surface area contributed by atoms with Gasteiger partial charge in [-0.2, -0.15) is 11.8 Å². The summed E-state index contributed by atoms with van der Waals surface area (Å²) in [5.74, 6) is 2.34. The maximum Gasteiger partial charge on any atom is 0.316 e. The van der Waals surface area contributed by atoms with Gasteiger partial charge >= 0.3 is 5.97 Å². The first-order chi connectivity index (χ1) is 10.4. The third-order valence-electron chi connectivity index (χ3n) is 3.38. The zero-order chi connectivity index (χ0) is 16.6. The van der Waals surface area contributed by atoms with Gasteiger partial charge in [0.15, 0.2) is 5.12 Å². The molecule has 0 saturated heterocycles. The SMILES string of the molecule is COC(=O)C(C)(CCSCCSC(C)=O)c1cccc(Br)c1. The Bertz CT molecular complexity index is 522. The molecular weight excluding hydrogens is 384 g/mol. The second kappa shape index (κ2) is 9.63. The normalized spacial score (nSPS) is 13.5. The van der Waals surface area contributed by atoms with Crippen LogP contribution in [-0.4, -0.2) is 35.5 Å². The molecule has 0 spiro atoms. The predicted molar refractivity (Wildman–Crippen MR) is 98.6 cm³/mol. The van der Waals surface area contributed by atoms with Gasteiger partial charge in [-0.1, -0.05) is 39.8 Å². The highest BCUT2D eigenvalue weighted by Crippen LogP contribution is 2.32. The second-order valence-corrected chi connectivity index (χ2v) is 8.45. The van der Waals surface area contributed by atoms with Gasteiger partial charge in [0.1, 0.15) is 0 Å². The molecule has 0 N–H and O–H groups in total. The van der Waals surface area contributed by atoms with Crippen LogP contribution in [-0.2, 0) is 19.7 Å². The number of hydrogen-bond acceptors (Lipinski definition) is 5. The third kappa shape index (κ3) is 5.97. The lowest BCUT2D eigenvalue weighted by Crippen LogP contribution is -2.34. The maximum absolute atomic E-state index is 12.3. The summed E-state index contributed by atoms with van der Waals surface area (Å²) >= 11 is 6.55. The van der Waals surface area contributed by atoms with Crippen molar-refractivity contribution in [3.63, 3.8) is 0 Å². The van der Waals surface area contributed by atoms with Gasteiger partial charge in [0.25, 0.3) is 0 Å². The summed E-state index contributed by atoms with van der Waals surface area (Å²) in [6, 6.07) is 7.79. The zero-order valence-electron chi connectivity index (χ0n) is 13.1. The van der Waals surface area contributed by atoms with Gasteiger partial charge in [-0.3, -0.25) is 9.59 Å². The van der Waals surface area contributed by atoms with Crippen LogP contribution in [0.5, 0.6) is 0 Å². The van der Waals surface area contributed by atoms with Gasteiger partial charge in [-0.05, 0) is 36.8 Å². The number of hydrogen-bond donors (Lipinski definition) is 0. The molecule has 1 unspecified atom stereocenters. The number of carbonyl (C=O) groups excluding carboxylic acids is 2. The highest BCUT2D eigenvalue weighted by molar-refractivity contribution is 9.10. The molecule has 22 heavy (non-hydrogen) atoms. The number of benzene rings is 1. The molecule has 0 saturated carbocycles. The average Bonchev–Trinajstić information content (AvgIpc) is 2.49. The molecule has 0 bridgehead atoms. The molecule has 6 heteroatoms. The van der Waals surface area contributed by atoms with Gasteiger partial charge in [0.2, 0.25) is 0 Å². The molecule has 0 radical (unpaired) electrons. The van der Waals surface area contributed by atoms with E-state index < -0.39 is 5.41 Å². The highest BCUT2D eigenvalue weighted by Gasteiger charge is 2.36. The Balaban J connectivity index is 2.65. The number of thioether (sulfide) groups is 2. The standard InChI is InChI=1S/C16H21BrO3S2/c1-12(18)22-10-9-21-8-7-16(2,15(19)20-3)13-5-4-6-14(17)11-13/h4-6,11H,7-10H2,1-3H3. The molecule has 1 rings (SSSR count). The number of carbonyl (C=O) groups is 2. The number of esters is 1. The summed E-state index contributed by atoms with van der Waals surface area (Å²) in [6.45, 7) is 3.50. The van der Waals surface area contributed by atoms with Crippen LogP contribution in [0.4, 0.5) is 0 Å². The van der Waals surface area contributed by atoms with E-state index in [-0.39, 0.29) is 11.1 Å². The molecular formula is C16H21BrO3S2. The molecule has 0 amide bonds. The van der Waals surface area contributed by atoms with Crippen molar-refractivity contribution in [1.82, 2.24) is 0 Å². The van der Waals surface area contributed by atoms with Crippen molar-refractivity contribution < 1.29 is 14.3 Å². The first-order valence-corrected chi connectivity index (χ1v) is 9.89. The molecule has 0 aliphatic rings. The van der Waals surface area contributed by atoms with Crippen molar-refractivity contribution in [2.45, 2.75) is 25.7 Å². The monoisotopic (exact) mass is 404 g/mol. The first kappa shape index (κ1) is 19.6. The Morgan fingerprint density at radius 3 is 2.59 bits per heavy atom. The summed E-state index contributed by atoms with van der Waals surface area (Å²) in [5, 5.41) is 0.147. The minimum Gasteiger partial charge on any atom is -0.468 e. The molecule has 1 aromatic carbocycles. The van der Waals surface area contributed by atoms with Crippen LogP contribution in [0.1, 0.15) is 25.8 Å². The summed E-state index contributed by atoms with van der Waals surface area (Å²) in [7, 11) is 1.43. The van der Waals surface area contributed by atoms with Crippen molar-refractivity contribution in [3.05, 3.63) is 34.3 Å². The van der Waals surface area contributed by atoms with Crippen LogP contribution in [0.3, 0.4) is 0 Å². The van der Waals surface area contributed by atoms with Gasteiger partial charge < -0.3 is 4.74 Å². The van der Waals surface area contributed by atoms with Crippen LogP contribution in [0.15, 0.2) is 28.7 Å². The van der Waals surface area contributed by atoms with Crippen LogP contribution in [0, 0.1) is 0 Å². The molecule has 0 heterocycles. The van der Waals surface area contributed by atoms with Crippen LogP contribution in [0.25, 0.3) is 0 Å². The van der Waals surface area contributed by atoms with Crippen LogP contribution < -0.4 is 0 Å². The summed E-state index contributed by atoms with van der Waals surface area (Å²) in [6.07, 6.45) is 0.700. The van der Waals surface area contributed by atoms with E-state index in [1.165, 1.54) is 18.9 Å². The van der Waals surface area contributed by atoms with E-state index in [2.05, 4.69) is 15.9 Å². The Morgan fingerprint density at radius 1 is 1.27 bits per heavy atom. The number of rotatable bonds is 8. The quantitative estimate of drug-likeness (QED) is 0.477. The molecule has 1 aromatic rings. The fourth-order valence-electron chi connectivity index (χ4n) is 2.04. The third-order valence-corrected chi connectivity index (χ3v) is 5.93. The number of halogens is 1. The first-order valence-electron chi connectivity index (χ1n) is 6.95. The number of methoxy groups -OCH3 is 1. The lowest BCUT2D eigenvalue weighted by atomic mass is 9.80. The van der Waals surface area contributed by atoms with Gasteiger partial charge in [0.05, 0.1) is 12.5 Å². The Hall–Kier alpha value is -0.460. The Kier molecular flexibility index (Phi) is 8.57. The fourth-order valence-corrected chi connectivity index (χ4v) is 4.29. The Labute approximate surface area is 149 Å². The summed E-state index contributed by atoms with van der Waals surface area (Å²) in [4.78, 5) is 23.1. The molecule has 0 aliphatic heterocycles. The van der Waals surface area contributed by atoms with Crippen LogP contribution >= 0.6 is 39.5 Å². The molecule has 0 fully saturated rings. The van der Waals surface area contributed by atoms with Crippen molar-refractivity contribution in [3.8, 4) is 0 Å². The van der Waals surface area contributed by atoms with Crippen LogP contribution in [0.2, 0.25) is 0 Å². The van der Waals surface area contributed by atoms with Gasteiger partial charge in [-0.25, -0.2) is 0 Å². The van der Waals surface area contributed by atoms with E-state index in [9.17, 15) is 9.59 Å². The van der Waals surface area contributed by atoms with Gasteiger partial charge in [-0.15, -0.1) is 0 Å². The van der Waals surface area contributed by atoms with Crippen molar-refractivity contribution >= 4 is 50.5 Å². The highest BCUT2D eigenvalue weighted by atomic mass is 79.9. The largest absolute Gasteiger partial charge is 0.468 e. The summed E-state index contributed by atoms with van der Waals surface area (Å²) < 4.78 is 5.96. The zero-order valence-corrected chi connectivity index (χ0v) is 16.3. The lowest BCUT2D eigenvalue weighted by Gasteiger charge is -2.27. The van der Waals surface area contributed by atoms with Crippen molar-refractivity contribution in [2.24, 2.45) is 0 Å². The Morgan fingerprint density at radius 2 is 2.00 bits per heavy atom. The molecule has 0 aliphatic carbocycles. The molecule has 122 valence electrons. The predicted octanol–water partition coefficient (Wildman–Crippen LogP) is 4.28. The maximum atomic E-state index is 12.3. The lowest BCUT2D eigenvalue weighted by molar-refractivity contribution is -0.147. The smallest absolute Gasteiger partial charge is 0.316 e. The van der Waals surface area contributed by atoms with Crippen molar-refractivity contribution in [2.75, 3.05) is 24.4 Å². The molecule has 3 nitrogen and oxygen atoms in total. The van der Waals surface area contributed by atoms with E-state index in [0.717, 1.165) is 27.3 Å².